The second-order valence-electron chi connectivity index (χ2n) is 3.06. The van der Waals surface area contributed by atoms with Crippen molar-refractivity contribution in [2.75, 3.05) is 25.0 Å². The van der Waals surface area contributed by atoms with Crippen LogP contribution in [-0.2, 0) is 4.79 Å². The average molecular weight is 245 g/mol. The smallest absolute Gasteiger partial charge is 0.271 e. The molecular formula is C9H13ClN4O2. The molecule has 2 N–H and O–H groups in total. The SMILES string of the molecule is CCN(CC(=O)NC)c1nc[nH]c(=O)c1Cl. The van der Waals surface area contributed by atoms with Gasteiger partial charge in [-0.2, -0.15) is 0 Å². The van der Waals surface area contributed by atoms with E-state index in [-0.39, 0.29) is 17.5 Å². The van der Waals surface area contributed by atoms with Crippen LogP contribution in [-0.4, -0.2) is 36.0 Å². The summed E-state index contributed by atoms with van der Waals surface area (Å²) in [5.41, 5.74) is -0.415. The van der Waals surface area contributed by atoms with E-state index in [1.165, 1.54) is 6.33 Å². The summed E-state index contributed by atoms with van der Waals surface area (Å²) in [6.45, 7) is 2.49. The number of hydrogen-bond donors (Lipinski definition) is 2. The fraction of sp³-hybridized carbons (Fsp3) is 0.444. The van der Waals surface area contributed by atoms with Gasteiger partial charge in [-0.05, 0) is 6.92 Å². The van der Waals surface area contributed by atoms with Crippen molar-refractivity contribution in [2.45, 2.75) is 6.92 Å². The maximum absolute atomic E-state index is 11.3. The molecule has 16 heavy (non-hydrogen) atoms. The first kappa shape index (κ1) is 12.5. The van der Waals surface area contributed by atoms with Gasteiger partial charge in [0.25, 0.3) is 5.56 Å². The van der Waals surface area contributed by atoms with E-state index in [1.807, 2.05) is 6.92 Å². The van der Waals surface area contributed by atoms with Gasteiger partial charge in [0.1, 0.15) is 5.02 Å². The number of rotatable bonds is 4. The number of carbonyl (C=O) groups excluding carboxylic acids is 1. The van der Waals surface area contributed by atoms with Crippen molar-refractivity contribution in [1.82, 2.24) is 15.3 Å². The first-order valence-electron chi connectivity index (χ1n) is 4.78. The Hall–Kier alpha value is -1.56. The van der Waals surface area contributed by atoms with Gasteiger partial charge in [0, 0.05) is 13.6 Å². The molecule has 1 aromatic rings. The lowest BCUT2D eigenvalue weighted by Gasteiger charge is -2.21. The number of nitrogens with one attached hydrogen (secondary N) is 2. The number of hydrogen-bond acceptors (Lipinski definition) is 4. The second-order valence-corrected chi connectivity index (χ2v) is 3.43. The van der Waals surface area contributed by atoms with Gasteiger partial charge in [-0.3, -0.25) is 9.59 Å². The number of aromatic amines is 1. The molecule has 0 spiro atoms. The molecule has 1 heterocycles. The Balaban J connectivity index is 2.99. The van der Waals surface area contributed by atoms with Crippen LogP contribution in [0, 0.1) is 0 Å². The molecule has 1 aromatic heterocycles. The Labute approximate surface area is 97.6 Å². The summed E-state index contributed by atoms with van der Waals surface area (Å²) in [6, 6.07) is 0. The third-order valence-corrected chi connectivity index (χ3v) is 2.41. The van der Waals surface area contributed by atoms with E-state index in [1.54, 1.807) is 11.9 Å². The van der Waals surface area contributed by atoms with Crippen LogP contribution in [0.1, 0.15) is 6.92 Å². The number of amides is 1. The molecule has 0 unspecified atom stereocenters. The maximum Gasteiger partial charge on any atom is 0.271 e. The van der Waals surface area contributed by atoms with Crippen LogP contribution in [0.25, 0.3) is 0 Å². The average Bonchev–Trinajstić information content (AvgIpc) is 2.29. The molecule has 88 valence electrons. The number of carbonyl (C=O) groups is 1. The van der Waals surface area contributed by atoms with E-state index in [2.05, 4.69) is 15.3 Å². The minimum atomic E-state index is -0.415. The van der Waals surface area contributed by atoms with Crippen molar-refractivity contribution < 1.29 is 4.79 Å². The Morgan fingerprint density at radius 2 is 2.38 bits per heavy atom. The van der Waals surface area contributed by atoms with E-state index >= 15 is 0 Å². The lowest BCUT2D eigenvalue weighted by atomic mass is 10.4. The van der Waals surface area contributed by atoms with Gasteiger partial charge >= 0.3 is 0 Å². The number of anilines is 1. The van der Waals surface area contributed by atoms with Gasteiger partial charge in [-0.15, -0.1) is 0 Å². The second kappa shape index (κ2) is 5.50. The van der Waals surface area contributed by atoms with Crippen LogP contribution in [0.3, 0.4) is 0 Å². The number of likely N-dealkylation sites (N-methyl/N-ethyl adjacent to an activating group) is 2. The zero-order chi connectivity index (χ0) is 12.1. The molecule has 0 aliphatic heterocycles. The van der Waals surface area contributed by atoms with Gasteiger partial charge in [-0.1, -0.05) is 11.6 Å². The molecule has 1 amide bonds. The molecule has 7 heteroatoms. The minimum absolute atomic E-state index is 0.00625. The number of halogens is 1. The van der Waals surface area contributed by atoms with Gasteiger partial charge in [0.05, 0.1) is 12.9 Å². The van der Waals surface area contributed by atoms with E-state index in [0.29, 0.717) is 12.4 Å². The van der Waals surface area contributed by atoms with Gasteiger partial charge in [0.15, 0.2) is 5.82 Å². The Morgan fingerprint density at radius 3 is 2.94 bits per heavy atom. The molecule has 1 rings (SSSR count). The highest BCUT2D eigenvalue weighted by atomic mass is 35.5. The molecule has 0 radical (unpaired) electrons. The van der Waals surface area contributed by atoms with Crippen LogP contribution >= 0.6 is 11.6 Å². The summed E-state index contributed by atoms with van der Waals surface area (Å²) in [5, 5.41) is 2.49. The van der Waals surface area contributed by atoms with Crippen LogP contribution in [0.15, 0.2) is 11.1 Å². The van der Waals surface area contributed by atoms with Crippen LogP contribution in [0.5, 0.6) is 0 Å². The van der Waals surface area contributed by atoms with Gasteiger partial charge in [-0.25, -0.2) is 4.98 Å². The molecular weight excluding hydrogens is 232 g/mol. The standard InChI is InChI=1S/C9H13ClN4O2/c1-3-14(4-6(15)11-2)8-7(10)9(16)13-5-12-8/h5H,3-4H2,1-2H3,(H,11,15)(H,12,13,16). The molecule has 0 bridgehead atoms. The van der Waals surface area contributed by atoms with Crippen LogP contribution < -0.4 is 15.8 Å². The maximum atomic E-state index is 11.3. The molecule has 0 fully saturated rings. The zero-order valence-corrected chi connectivity index (χ0v) is 9.84. The Kier molecular flexibility index (Phi) is 4.30. The summed E-state index contributed by atoms with van der Waals surface area (Å²) in [4.78, 5) is 30.4. The lowest BCUT2D eigenvalue weighted by Crippen LogP contribution is -2.36. The first-order chi connectivity index (χ1) is 7.60. The van der Waals surface area contributed by atoms with Gasteiger partial charge in [0.2, 0.25) is 5.91 Å². The molecule has 0 atom stereocenters. The summed E-state index contributed by atoms with van der Waals surface area (Å²) < 4.78 is 0. The number of aromatic nitrogens is 2. The van der Waals surface area contributed by atoms with E-state index in [0.717, 1.165) is 0 Å². The Bertz CT molecular complexity index is 432. The highest BCUT2D eigenvalue weighted by molar-refractivity contribution is 6.32. The topological polar surface area (TPSA) is 78.1 Å². The lowest BCUT2D eigenvalue weighted by molar-refractivity contribution is -0.119. The third kappa shape index (κ3) is 2.73. The highest BCUT2D eigenvalue weighted by Gasteiger charge is 2.15. The molecule has 0 aliphatic rings. The van der Waals surface area contributed by atoms with Crippen molar-refractivity contribution >= 4 is 23.3 Å². The summed E-state index contributed by atoms with van der Waals surface area (Å²) in [5.74, 6) is 0.150. The van der Waals surface area contributed by atoms with Crippen LogP contribution in [0.2, 0.25) is 5.02 Å². The van der Waals surface area contributed by atoms with Crippen molar-refractivity contribution in [3.63, 3.8) is 0 Å². The van der Waals surface area contributed by atoms with Gasteiger partial charge < -0.3 is 15.2 Å². The Morgan fingerprint density at radius 1 is 1.69 bits per heavy atom. The predicted octanol–water partition coefficient (Wildman–Crippen LogP) is -0.00440. The third-order valence-electron chi connectivity index (χ3n) is 2.07. The minimum Gasteiger partial charge on any atom is -0.358 e. The molecule has 6 nitrogen and oxygen atoms in total. The summed E-state index contributed by atoms with van der Waals surface area (Å²) in [6.07, 6.45) is 1.26. The molecule has 0 saturated carbocycles. The first-order valence-corrected chi connectivity index (χ1v) is 5.16. The zero-order valence-electron chi connectivity index (χ0n) is 9.08. The van der Waals surface area contributed by atoms with Crippen molar-refractivity contribution in [3.8, 4) is 0 Å². The highest BCUT2D eigenvalue weighted by Crippen LogP contribution is 2.17. The van der Waals surface area contributed by atoms with E-state index in [9.17, 15) is 9.59 Å². The molecule has 0 saturated heterocycles. The largest absolute Gasteiger partial charge is 0.358 e. The number of nitrogens with zero attached hydrogens (tertiary/aromatic N) is 2. The predicted molar refractivity (Wildman–Crippen MR) is 61.8 cm³/mol. The number of H-pyrrole nitrogens is 1. The van der Waals surface area contributed by atoms with E-state index < -0.39 is 5.56 Å². The normalized spacial score (nSPS) is 9.94. The van der Waals surface area contributed by atoms with Crippen molar-refractivity contribution in [1.29, 1.82) is 0 Å². The molecule has 0 aliphatic carbocycles. The monoisotopic (exact) mass is 244 g/mol. The quantitative estimate of drug-likeness (QED) is 0.781. The fourth-order valence-corrected chi connectivity index (χ4v) is 1.41. The van der Waals surface area contributed by atoms with Crippen molar-refractivity contribution in [2.24, 2.45) is 0 Å². The van der Waals surface area contributed by atoms with E-state index in [4.69, 9.17) is 11.6 Å². The van der Waals surface area contributed by atoms with Crippen LogP contribution in [0.4, 0.5) is 5.82 Å². The molecule has 0 aromatic carbocycles. The van der Waals surface area contributed by atoms with Crippen molar-refractivity contribution in [3.05, 3.63) is 21.7 Å². The summed E-state index contributed by atoms with van der Waals surface area (Å²) >= 11 is 5.81. The summed E-state index contributed by atoms with van der Waals surface area (Å²) in [7, 11) is 1.54. The fourth-order valence-electron chi connectivity index (χ4n) is 1.18.